The maximum absolute atomic E-state index is 11.6. The maximum Gasteiger partial charge on any atom is 0.241 e. The van der Waals surface area contributed by atoms with Crippen molar-refractivity contribution in [3.05, 3.63) is 5.28 Å². The quantitative estimate of drug-likeness (QED) is 0.840. The Hall–Kier alpha value is -1.63. The van der Waals surface area contributed by atoms with Crippen molar-refractivity contribution in [1.82, 2.24) is 19.9 Å². The zero-order chi connectivity index (χ0) is 13.7. The van der Waals surface area contributed by atoms with Crippen molar-refractivity contribution in [3.8, 4) is 0 Å². The Bertz CT molecular complexity index is 425. The van der Waals surface area contributed by atoms with Gasteiger partial charge in [-0.25, -0.2) is 0 Å². The van der Waals surface area contributed by atoms with Crippen molar-refractivity contribution in [2.75, 3.05) is 44.4 Å². The molecule has 0 radical (unpaired) electrons. The molecule has 0 fully saturated rings. The van der Waals surface area contributed by atoms with Gasteiger partial charge in [0, 0.05) is 27.7 Å². The second-order valence-corrected chi connectivity index (χ2v) is 4.22. The van der Waals surface area contributed by atoms with E-state index in [-0.39, 0.29) is 23.7 Å². The third kappa shape index (κ3) is 3.99. The van der Waals surface area contributed by atoms with Crippen LogP contribution in [0.5, 0.6) is 0 Å². The molecule has 0 saturated carbocycles. The zero-order valence-corrected chi connectivity index (χ0v) is 11.7. The molecule has 0 atom stereocenters. The van der Waals surface area contributed by atoms with E-state index in [2.05, 4.69) is 20.3 Å². The smallest absolute Gasteiger partial charge is 0.241 e. The van der Waals surface area contributed by atoms with E-state index in [9.17, 15) is 4.79 Å². The number of hydrogen-bond acceptors (Lipinski definition) is 6. The van der Waals surface area contributed by atoms with Gasteiger partial charge in [0.25, 0.3) is 0 Å². The first-order valence-electron chi connectivity index (χ1n) is 5.50. The van der Waals surface area contributed by atoms with E-state index in [4.69, 9.17) is 11.6 Å². The van der Waals surface area contributed by atoms with Crippen molar-refractivity contribution >= 4 is 29.4 Å². The monoisotopic (exact) mass is 272 g/mol. The van der Waals surface area contributed by atoms with Crippen LogP contribution >= 0.6 is 11.6 Å². The van der Waals surface area contributed by atoms with Crippen LogP contribution in [0.3, 0.4) is 0 Å². The highest BCUT2D eigenvalue weighted by atomic mass is 35.5. The summed E-state index contributed by atoms with van der Waals surface area (Å²) in [6, 6.07) is 0. The molecule has 0 saturated heterocycles. The number of halogens is 1. The van der Waals surface area contributed by atoms with E-state index in [1.165, 1.54) is 0 Å². The first-order valence-corrected chi connectivity index (χ1v) is 5.88. The van der Waals surface area contributed by atoms with Gasteiger partial charge in [0.15, 0.2) is 0 Å². The zero-order valence-electron chi connectivity index (χ0n) is 10.9. The molecule has 1 aromatic heterocycles. The summed E-state index contributed by atoms with van der Waals surface area (Å²) in [5.74, 6) is 0.686. The van der Waals surface area contributed by atoms with Gasteiger partial charge in [0.2, 0.25) is 23.1 Å². The molecule has 100 valence electrons. The number of carbonyl (C=O) groups is 1. The summed E-state index contributed by atoms with van der Waals surface area (Å²) in [7, 11) is 5.33. The van der Waals surface area contributed by atoms with Crippen molar-refractivity contribution in [2.45, 2.75) is 6.92 Å². The minimum atomic E-state index is -0.0413. The number of aromatic nitrogens is 3. The van der Waals surface area contributed by atoms with Gasteiger partial charge >= 0.3 is 0 Å². The molecular weight excluding hydrogens is 256 g/mol. The van der Waals surface area contributed by atoms with Crippen molar-refractivity contribution < 1.29 is 4.79 Å². The fourth-order valence-electron chi connectivity index (χ4n) is 1.08. The molecule has 1 aromatic rings. The summed E-state index contributed by atoms with van der Waals surface area (Å²) in [6.07, 6.45) is 0. The summed E-state index contributed by atoms with van der Waals surface area (Å²) in [5.41, 5.74) is 0. The first kappa shape index (κ1) is 14.4. The van der Waals surface area contributed by atoms with Crippen molar-refractivity contribution in [3.63, 3.8) is 0 Å². The SMILES string of the molecule is CCN(C)C(=O)CNc1nc(Cl)nc(N(C)C)n1. The lowest BCUT2D eigenvalue weighted by molar-refractivity contribution is -0.127. The van der Waals surface area contributed by atoms with Gasteiger partial charge in [0.1, 0.15) is 0 Å². The van der Waals surface area contributed by atoms with Gasteiger partial charge in [0.05, 0.1) is 6.54 Å². The molecule has 0 aliphatic rings. The fourth-order valence-corrected chi connectivity index (χ4v) is 1.24. The maximum atomic E-state index is 11.6. The van der Waals surface area contributed by atoms with Gasteiger partial charge in [-0.3, -0.25) is 4.79 Å². The summed E-state index contributed by atoms with van der Waals surface area (Å²) in [4.78, 5) is 26.9. The van der Waals surface area contributed by atoms with E-state index in [1.807, 2.05) is 6.92 Å². The number of anilines is 2. The lowest BCUT2D eigenvalue weighted by atomic mass is 10.5. The molecule has 0 spiro atoms. The Labute approximate surface area is 111 Å². The van der Waals surface area contributed by atoms with Crippen LogP contribution in [0.2, 0.25) is 5.28 Å². The molecule has 0 aliphatic heterocycles. The molecule has 0 aromatic carbocycles. The van der Waals surface area contributed by atoms with E-state index in [0.717, 1.165) is 0 Å². The molecule has 1 amide bonds. The first-order chi connectivity index (χ1) is 8.43. The topological polar surface area (TPSA) is 74.2 Å². The van der Waals surface area contributed by atoms with Crippen LogP contribution in [0.4, 0.5) is 11.9 Å². The minimum Gasteiger partial charge on any atom is -0.347 e. The molecule has 0 bridgehead atoms. The molecule has 18 heavy (non-hydrogen) atoms. The highest BCUT2D eigenvalue weighted by Crippen LogP contribution is 2.11. The second kappa shape index (κ2) is 6.34. The predicted octanol–water partition coefficient (Wildman–Crippen LogP) is 0.481. The summed E-state index contributed by atoms with van der Waals surface area (Å²) < 4.78 is 0. The third-order valence-electron chi connectivity index (χ3n) is 2.29. The number of rotatable bonds is 5. The van der Waals surface area contributed by atoms with Crippen molar-refractivity contribution in [1.29, 1.82) is 0 Å². The van der Waals surface area contributed by atoms with E-state index >= 15 is 0 Å². The van der Waals surface area contributed by atoms with Crippen molar-refractivity contribution in [2.24, 2.45) is 0 Å². The summed E-state index contributed by atoms with van der Waals surface area (Å²) in [6.45, 7) is 2.68. The lowest BCUT2D eigenvalue weighted by Gasteiger charge is -2.15. The van der Waals surface area contributed by atoms with Crippen LogP contribution < -0.4 is 10.2 Å². The average molecular weight is 273 g/mol. The number of nitrogens with zero attached hydrogens (tertiary/aromatic N) is 5. The van der Waals surface area contributed by atoms with Gasteiger partial charge in [-0.15, -0.1) is 0 Å². The normalized spacial score (nSPS) is 10.1. The number of amides is 1. The van der Waals surface area contributed by atoms with Crippen LogP contribution in [0.1, 0.15) is 6.92 Å². The van der Waals surface area contributed by atoms with Crippen LogP contribution in [0.25, 0.3) is 0 Å². The van der Waals surface area contributed by atoms with Gasteiger partial charge in [-0.1, -0.05) is 0 Å². The molecule has 0 aliphatic carbocycles. The highest BCUT2D eigenvalue weighted by Gasteiger charge is 2.10. The predicted molar refractivity (Wildman–Crippen MR) is 71.0 cm³/mol. The Balaban J connectivity index is 2.70. The Morgan fingerprint density at radius 3 is 2.50 bits per heavy atom. The Morgan fingerprint density at radius 1 is 1.28 bits per heavy atom. The van der Waals surface area contributed by atoms with Crippen LogP contribution in [-0.2, 0) is 4.79 Å². The molecule has 7 nitrogen and oxygen atoms in total. The minimum absolute atomic E-state index is 0.0413. The molecular formula is C10H17ClN6O. The summed E-state index contributed by atoms with van der Waals surface area (Å²) in [5, 5.41) is 2.92. The third-order valence-corrected chi connectivity index (χ3v) is 2.46. The second-order valence-electron chi connectivity index (χ2n) is 3.88. The number of hydrogen-bond donors (Lipinski definition) is 1. The number of likely N-dealkylation sites (N-methyl/N-ethyl adjacent to an activating group) is 1. The molecule has 1 N–H and O–H groups in total. The molecule has 0 unspecified atom stereocenters. The number of nitrogens with one attached hydrogen (secondary N) is 1. The van der Waals surface area contributed by atoms with E-state index in [1.54, 1.807) is 30.9 Å². The molecule has 1 rings (SSSR count). The standard InChI is InChI=1S/C10H17ClN6O/c1-5-17(4)7(18)6-12-9-13-8(11)14-10(15-9)16(2)3/h5-6H2,1-4H3,(H,12,13,14,15). The largest absolute Gasteiger partial charge is 0.347 e. The van der Waals surface area contributed by atoms with Gasteiger partial charge in [-0.05, 0) is 18.5 Å². The van der Waals surface area contributed by atoms with Crippen LogP contribution in [-0.4, -0.2) is 60.0 Å². The van der Waals surface area contributed by atoms with Gasteiger partial charge in [-0.2, -0.15) is 15.0 Å². The van der Waals surface area contributed by atoms with Gasteiger partial charge < -0.3 is 15.1 Å². The summed E-state index contributed by atoms with van der Waals surface area (Å²) >= 11 is 5.77. The lowest BCUT2D eigenvalue weighted by Crippen LogP contribution is -2.32. The number of carbonyl (C=O) groups excluding carboxylic acids is 1. The van der Waals surface area contributed by atoms with Crippen LogP contribution in [0, 0.1) is 0 Å². The van der Waals surface area contributed by atoms with E-state index in [0.29, 0.717) is 12.5 Å². The van der Waals surface area contributed by atoms with E-state index < -0.39 is 0 Å². The highest BCUT2D eigenvalue weighted by molar-refractivity contribution is 6.28. The Morgan fingerprint density at radius 2 is 1.94 bits per heavy atom. The fraction of sp³-hybridized carbons (Fsp3) is 0.600. The molecule has 1 heterocycles. The Kier molecular flexibility index (Phi) is 5.08. The molecule has 8 heteroatoms. The van der Waals surface area contributed by atoms with Crippen LogP contribution in [0.15, 0.2) is 0 Å². The average Bonchev–Trinajstić information content (AvgIpc) is 2.34.